The van der Waals surface area contributed by atoms with Crippen LogP contribution in [0.5, 0.6) is 0 Å². The lowest BCUT2D eigenvalue weighted by atomic mass is 10.1. The molecule has 2 heterocycles. The zero-order chi connectivity index (χ0) is 23.8. The summed E-state index contributed by atoms with van der Waals surface area (Å²) in [6, 6.07) is -3.87. The largest absolute Gasteiger partial charge is 0.480 e. The predicted molar refractivity (Wildman–Crippen MR) is 114 cm³/mol. The highest BCUT2D eigenvalue weighted by Crippen LogP contribution is 2.22. The molecule has 2 aliphatic heterocycles. The molecule has 0 aliphatic carbocycles. The molecule has 32 heavy (non-hydrogen) atoms. The van der Waals surface area contributed by atoms with Crippen molar-refractivity contribution in [3.63, 3.8) is 0 Å². The zero-order valence-electron chi connectivity index (χ0n) is 18.2. The Bertz CT molecular complexity index is 731. The molecule has 4 amide bonds. The number of nitrogens with zero attached hydrogens (tertiary/aromatic N) is 2. The van der Waals surface area contributed by atoms with Gasteiger partial charge in [0.05, 0.1) is 12.5 Å². The van der Waals surface area contributed by atoms with Crippen molar-refractivity contribution in [1.82, 2.24) is 15.1 Å². The summed E-state index contributed by atoms with van der Waals surface area (Å²) in [7, 11) is 0. The number of nitrogens with two attached hydrogens (primary N) is 3. The highest BCUT2D eigenvalue weighted by molar-refractivity contribution is 5.96. The molecule has 0 aromatic heterocycles. The van der Waals surface area contributed by atoms with E-state index in [9.17, 15) is 29.1 Å². The Morgan fingerprint density at radius 2 is 1.56 bits per heavy atom. The fourth-order valence-corrected chi connectivity index (χ4v) is 4.30. The lowest BCUT2D eigenvalue weighted by molar-refractivity contribution is -0.150. The molecule has 0 radical (unpaired) electrons. The molecule has 12 heteroatoms. The van der Waals surface area contributed by atoms with E-state index in [0.29, 0.717) is 51.6 Å². The molecule has 180 valence electrons. The maximum Gasteiger partial charge on any atom is 0.326 e. The Morgan fingerprint density at radius 3 is 2.12 bits per heavy atom. The number of hydrogen-bond donors (Lipinski definition) is 5. The number of carbonyl (C=O) groups is 5. The van der Waals surface area contributed by atoms with Crippen LogP contribution in [0.15, 0.2) is 0 Å². The van der Waals surface area contributed by atoms with Crippen LogP contribution in [0.4, 0.5) is 0 Å². The van der Waals surface area contributed by atoms with Crippen LogP contribution in [-0.2, 0) is 24.0 Å². The minimum Gasteiger partial charge on any atom is -0.480 e. The van der Waals surface area contributed by atoms with Crippen molar-refractivity contribution in [3.05, 3.63) is 0 Å². The number of carboxylic acid groups (broad SMARTS) is 1. The fourth-order valence-electron chi connectivity index (χ4n) is 4.30. The predicted octanol–water partition coefficient (Wildman–Crippen LogP) is -2.13. The number of carboxylic acids is 1. The van der Waals surface area contributed by atoms with Crippen LogP contribution < -0.4 is 22.5 Å². The molecule has 0 aromatic rings. The number of carbonyl (C=O) groups excluding carboxylic acids is 4. The standard InChI is InChI=1S/C20H34N6O6/c21-8-2-1-5-12(22)18(29)25-9-3-6-14(25)17(28)24-13(11-16(23)27)19(30)26-10-4-7-15(26)20(31)32/h12-15H,1-11,21-22H2,(H2,23,27)(H,24,28)(H,31,32). The van der Waals surface area contributed by atoms with E-state index in [2.05, 4.69) is 5.32 Å². The summed E-state index contributed by atoms with van der Waals surface area (Å²) in [6.45, 7) is 1.08. The molecular weight excluding hydrogens is 420 g/mol. The molecule has 8 N–H and O–H groups in total. The van der Waals surface area contributed by atoms with Gasteiger partial charge in [-0.15, -0.1) is 0 Å². The third-order valence-corrected chi connectivity index (χ3v) is 5.97. The molecule has 2 saturated heterocycles. The quantitative estimate of drug-likeness (QED) is 0.218. The number of hydrogen-bond acceptors (Lipinski definition) is 7. The Morgan fingerprint density at radius 1 is 0.969 bits per heavy atom. The van der Waals surface area contributed by atoms with E-state index in [1.165, 1.54) is 4.90 Å². The Kier molecular flexibility index (Phi) is 9.39. The number of rotatable bonds is 11. The van der Waals surface area contributed by atoms with E-state index in [1.807, 2.05) is 0 Å². The number of amides is 4. The van der Waals surface area contributed by atoms with Crippen molar-refractivity contribution in [3.8, 4) is 0 Å². The first-order valence-electron chi connectivity index (χ1n) is 11.1. The molecule has 12 nitrogen and oxygen atoms in total. The zero-order valence-corrected chi connectivity index (χ0v) is 18.2. The van der Waals surface area contributed by atoms with Crippen LogP contribution in [0, 0.1) is 0 Å². The van der Waals surface area contributed by atoms with Gasteiger partial charge in [0.15, 0.2) is 0 Å². The van der Waals surface area contributed by atoms with Crippen molar-refractivity contribution in [1.29, 1.82) is 0 Å². The van der Waals surface area contributed by atoms with Crippen LogP contribution in [0.1, 0.15) is 51.4 Å². The van der Waals surface area contributed by atoms with E-state index in [4.69, 9.17) is 17.2 Å². The molecule has 0 bridgehead atoms. The topological polar surface area (TPSA) is 202 Å². The van der Waals surface area contributed by atoms with Gasteiger partial charge in [-0.25, -0.2) is 4.79 Å². The molecule has 4 atom stereocenters. The van der Waals surface area contributed by atoms with E-state index >= 15 is 0 Å². The monoisotopic (exact) mass is 454 g/mol. The minimum atomic E-state index is -1.30. The van der Waals surface area contributed by atoms with Gasteiger partial charge in [0.25, 0.3) is 0 Å². The van der Waals surface area contributed by atoms with Crippen LogP contribution in [-0.4, -0.2) is 88.3 Å². The number of unbranched alkanes of at least 4 members (excludes halogenated alkanes) is 1. The molecule has 2 rings (SSSR count). The van der Waals surface area contributed by atoms with Gasteiger partial charge >= 0.3 is 5.97 Å². The fraction of sp³-hybridized carbons (Fsp3) is 0.750. The number of likely N-dealkylation sites (tertiary alicyclic amines) is 2. The normalized spacial score (nSPS) is 22.4. The first-order valence-corrected chi connectivity index (χ1v) is 11.1. The smallest absolute Gasteiger partial charge is 0.326 e. The number of aliphatic carboxylic acids is 1. The lowest BCUT2D eigenvalue weighted by Gasteiger charge is -2.30. The molecule has 2 aliphatic rings. The molecule has 0 aromatic carbocycles. The summed E-state index contributed by atoms with van der Waals surface area (Å²) < 4.78 is 0. The van der Waals surface area contributed by atoms with Gasteiger partial charge < -0.3 is 37.4 Å². The second-order valence-corrected chi connectivity index (χ2v) is 8.34. The number of nitrogens with one attached hydrogen (secondary N) is 1. The third-order valence-electron chi connectivity index (χ3n) is 5.97. The van der Waals surface area contributed by atoms with Crippen LogP contribution in [0.25, 0.3) is 0 Å². The SMILES string of the molecule is NCCCCC(N)C(=O)N1CCCC1C(=O)NC(CC(N)=O)C(=O)N1CCCC1C(=O)O. The molecular formula is C20H34N6O6. The minimum absolute atomic E-state index is 0.215. The summed E-state index contributed by atoms with van der Waals surface area (Å²) in [5.41, 5.74) is 16.7. The Hall–Kier alpha value is -2.73. The van der Waals surface area contributed by atoms with E-state index in [0.717, 1.165) is 11.3 Å². The van der Waals surface area contributed by atoms with Crippen LogP contribution in [0.2, 0.25) is 0 Å². The van der Waals surface area contributed by atoms with Gasteiger partial charge in [-0.2, -0.15) is 0 Å². The molecule has 2 fully saturated rings. The molecule has 0 spiro atoms. The van der Waals surface area contributed by atoms with Gasteiger partial charge in [0.2, 0.25) is 23.6 Å². The summed E-state index contributed by atoms with van der Waals surface area (Å²) in [5, 5.41) is 11.9. The molecule has 4 unspecified atom stereocenters. The van der Waals surface area contributed by atoms with E-state index in [1.54, 1.807) is 0 Å². The second-order valence-electron chi connectivity index (χ2n) is 8.34. The van der Waals surface area contributed by atoms with Crippen molar-refractivity contribution < 1.29 is 29.1 Å². The van der Waals surface area contributed by atoms with Gasteiger partial charge in [0.1, 0.15) is 18.1 Å². The lowest BCUT2D eigenvalue weighted by Crippen LogP contribution is -2.57. The third kappa shape index (κ3) is 6.39. The van der Waals surface area contributed by atoms with Gasteiger partial charge in [-0.1, -0.05) is 6.42 Å². The molecule has 0 saturated carbocycles. The van der Waals surface area contributed by atoms with E-state index < -0.39 is 54.3 Å². The first-order chi connectivity index (χ1) is 15.2. The van der Waals surface area contributed by atoms with Crippen LogP contribution >= 0.6 is 0 Å². The summed E-state index contributed by atoms with van der Waals surface area (Å²) in [4.78, 5) is 64.2. The maximum atomic E-state index is 13.0. The van der Waals surface area contributed by atoms with Gasteiger partial charge in [-0.3, -0.25) is 19.2 Å². The summed E-state index contributed by atoms with van der Waals surface area (Å²) in [6.07, 6.45) is 3.23. The van der Waals surface area contributed by atoms with Gasteiger partial charge in [0, 0.05) is 13.1 Å². The highest BCUT2D eigenvalue weighted by atomic mass is 16.4. The van der Waals surface area contributed by atoms with Crippen molar-refractivity contribution in [2.45, 2.75) is 75.5 Å². The Balaban J connectivity index is 2.08. The summed E-state index contributed by atoms with van der Waals surface area (Å²) >= 11 is 0. The van der Waals surface area contributed by atoms with Crippen molar-refractivity contribution >= 4 is 29.6 Å². The average molecular weight is 455 g/mol. The van der Waals surface area contributed by atoms with Crippen molar-refractivity contribution in [2.24, 2.45) is 17.2 Å². The summed E-state index contributed by atoms with van der Waals surface area (Å²) in [5.74, 6) is -3.55. The van der Waals surface area contributed by atoms with Crippen molar-refractivity contribution in [2.75, 3.05) is 19.6 Å². The number of primary amides is 1. The maximum absolute atomic E-state index is 13.0. The van der Waals surface area contributed by atoms with E-state index in [-0.39, 0.29) is 12.5 Å². The highest BCUT2D eigenvalue weighted by Gasteiger charge is 2.41. The second kappa shape index (κ2) is 11.8. The Labute approximate surface area is 186 Å². The van der Waals surface area contributed by atoms with Crippen LogP contribution in [0.3, 0.4) is 0 Å². The average Bonchev–Trinajstić information content (AvgIpc) is 3.41. The first kappa shape index (κ1) is 25.5. The van der Waals surface area contributed by atoms with Gasteiger partial charge in [-0.05, 0) is 45.1 Å².